The Kier molecular flexibility index (Phi) is 4.57. The molecule has 0 bridgehead atoms. The van der Waals surface area contributed by atoms with Crippen LogP contribution in [0.5, 0.6) is 0 Å². The van der Waals surface area contributed by atoms with E-state index in [0.29, 0.717) is 23.4 Å². The van der Waals surface area contributed by atoms with E-state index in [0.717, 1.165) is 23.4 Å². The normalized spacial score (nSPS) is 18.4. The summed E-state index contributed by atoms with van der Waals surface area (Å²) in [6.07, 6.45) is 0.660. The van der Waals surface area contributed by atoms with Gasteiger partial charge in [0.15, 0.2) is 0 Å². The molecule has 2 aromatic heterocycles. The first-order valence-electron chi connectivity index (χ1n) is 10.2. The average molecular weight is 396 g/mol. The van der Waals surface area contributed by atoms with Crippen LogP contribution in [0.3, 0.4) is 0 Å². The van der Waals surface area contributed by atoms with Crippen LogP contribution in [0.25, 0.3) is 22.2 Å². The van der Waals surface area contributed by atoms with Crippen molar-refractivity contribution in [2.45, 2.75) is 45.8 Å². The molecule has 4 rings (SSSR count). The van der Waals surface area contributed by atoms with Gasteiger partial charge >= 0.3 is 5.69 Å². The molecule has 1 aromatic carbocycles. The van der Waals surface area contributed by atoms with Crippen molar-refractivity contribution in [1.82, 2.24) is 13.7 Å². The first-order valence-corrected chi connectivity index (χ1v) is 10.2. The lowest BCUT2D eigenvalue weighted by atomic mass is 9.97. The molecular weight excluding hydrogens is 366 g/mol. The van der Waals surface area contributed by atoms with E-state index in [1.807, 2.05) is 30.3 Å². The van der Waals surface area contributed by atoms with Gasteiger partial charge in [0, 0.05) is 14.1 Å². The molecule has 6 nitrogen and oxygen atoms in total. The third kappa shape index (κ3) is 2.89. The molecule has 1 atom stereocenters. The van der Waals surface area contributed by atoms with E-state index in [2.05, 4.69) is 32.3 Å². The zero-order valence-corrected chi connectivity index (χ0v) is 18.0. The van der Waals surface area contributed by atoms with E-state index in [-0.39, 0.29) is 22.9 Å². The van der Waals surface area contributed by atoms with Crippen LogP contribution in [0.4, 0.5) is 0 Å². The Morgan fingerprint density at radius 1 is 1.10 bits per heavy atom. The summed E-state index contributed by atoms with van der Waals surface area (Å²) < 4.78 is 11.4. The first-order chi connectivity index (χ1) is 13.6. The molecular formula is C23H29N3O3. The number of aromatic nitrogens is 3. The second-order valence-corrected chi connectivity index (χ2v) is 9.11. The summed E-state index contributed by atoms with van der Waals surface area (Å²) in [4.78, 5) is 26.1. The Bertz CT molecular complexity index is 1200. The zero-order valence-electron chi connectivity index (χ0n) is 18.0. The summed E-state index contributed by atoms with van der Waals surface area (Å²) in [6, 6.07) is 9.97. The molecule has 1 aliphatic rings. The summed E-state index contributed by atoms with van der Waals surface area (Å²) in [5, 5.41) is 0.586. The van der Waals surface area contributed by atoms with Gasteiger partial charge in [-0.2, -0.15) is 0 Å². The number of fused-ring (bicyclic) bond motifs is 3. The van der Waals surface area contributed by atoms with Crippen LogP contribution < -0.4 is 11.2 Å². The highest BCUT2D eigenvalue weighted by atomic mass is 16.5. The molecule has 154 valence electrons. The molecule has 0 aliphatic carbocycles. The second kappa shape index (κ2) is 6.73. The number of ether oxygens (including phenoxy) is 1. The van der Waals surface area contributed by atoms with Crippen LogP contribution in [0.2, 0.25) is 0 Å². The molecule has 0 fully saturated rings. The van der Waals surface area contributed by atoms with Crippen LogP contribution in [0.1, 0.15) is 45.9 Å². The van der Waals surface area contributed by atoms with Crippen LogP contribution in [-0.2, 0) is 24.4 Å². The van der Waals surface area contributed by atoms with Gasteiger partial charge < -0.3 is 9.30 Å². The smallest absolute Gasteiger partial charge is 0.331 e. The second-order valence-electron chi connectivity index (χ2n) is 9.11. The lowest BCUT2D eigenvalue weighted by molar-refractivity contribution is -0.0367. The van der Waals surface area contributed by atoms with E-state index in [1.54, 1.807) is 18.7 Å². The average Bonchev–Trinajstić information content (AvgIpc) is 3.05. The van der Waals surface area contributed by atoms with Gasteiger partial charge in [0.1, 0.15) is 0 Å². The van der Waals surface area contributed by atoms with Crippen molar-refractivity contribution >= 4 is 10.9 Å². The lowest BCUT2D eigenvalue weighted by Crippen LogP contribution is -2.40. The molecule has 0 saturated carbocycles. The molecule has 0 saturated heterocycles. The Balaban J connectivity index is 2.26. The van der Waals surface area contributed by atoms with Gasteiger partial charge in [-0.3, -0.25) is 13.9 Å². The van der Waals surface area contributed by atoms with Gasteiger partial charge in [0.2, 0.25) is 0 Å². The van der Waals surface area contributed by atoms with Gasteiger partial charge in [-0.05, 0) is 31.7 Å². The van der Waals surface area contributed by atoms with Gasteiger partial charge in [-0.25, -0.2) is 4.79 Å². The van der Waals surface area contributed by atoms with Crippen molar-refractivity contribution < 1.29 is 4.74 Å². The van der Waals surface area contributed by atoms with Gasteiger partial charge in [0.05, 0.1) is 40.5 Å². The van der Waals surface area contributed by atoms with E-state index in [1.165, 1.54) is 4.57 Å². The van der Waals surface area contributed by atoms with Crippen molar-refractivity contribution in [2.24, 2.45) is 20.0 Å². The van der Waals surface area contributed by atoms with Gasteiger partial charge in [-0.15, -0.1) is 0 Å². The maximum atomic E-state index is 13.3. The Labute approximate surface area is 170 Å². The fraction of sp³-hybridized carbons (Fsp3) is 0.478. The summed E-state index contributed by atoms with van der Waals surface area (Å²) in [5.74, 6) is 0.420. The van der Waals surface area contributed by atoms with Gasteiger partial charge in [-0.1, -0.05) is 44.2 Å². The minimum Gasteiger partial charge on any atom is -0.369 e. The highest BCUT2D eigenvalue weighted by molar-refractivity contribution is 5.96. The molecule has 0 N–H and O–H groups in total. The highest BCUT2D eigenvalue weighted by Gasteiger charge is 2.40. The van der Waals surface area contributed by atoms with E-state index >= 15 is 0 Å². The molecule has 29 heavy (non-hydrogen) atoms. The summed E-state index contributed by atoms with van der Waals surface area (Å²) in [6.45, 7) is 9.11. The largest absolute Gasteiger partial charge is 0.369 e. The number of benzene rings is 1. The molecule has 0 amide bonds. The van der Waals surface area contributed by atoms with Gasteiger partial charge in [0.25, 0.3) is 5.56 Å². The number of nitrogens with zero attached hydrogens (tertiary/aromatic N) is 3. The monoisotopic (exact) mass is 395 g/mol. The fourth-order valence-corrected chi connectivity index (χ4v) is 4.55. The summed E-state index contributed by atoms with van der Waals surface area (Å²) >= 11 is 0. The predicted octanol–water partition coefficient (Wildman–Crippen LogP) is 3.56. The highest BCUT2D eigenvalue weighted by Crippen LogP contribution is 2.44. The third-order valence-corrected chi connectivity index (χ3v) is 5.89. The first kappa shape index (κ1) is 19.7. The van der Waals surface area contributed by atoms with Crippen molar-refractivity contribution in [2.75, 3.05) is 6.61 Å². The Hall–Kier alpha value is -2.60. The summed E-state index contributed by atoms with van der Waals surface area (Å²) in [5.41, 5.74) is 2.53. The van der Waals surface area contributed by atoms with Crippen LogP contribution in [0, 0.1) is 5.92 Å². The molecule has 3 heterocycles. The molecule has 6 heteroatoms. The molecule has 0 spiro atoms. The van der Waals surface area contributed by atoms with E-state index < -0.39 is 0 Å². The van der Waals surface area contributed by atoms with Crippen molar-refractivity contribution in [3.63, 3.8) is 0 Å². The quantitative estimate of drug-likeness (QED) is 0.681. The van der Waals surface area contributed by atoms with Crippen LogP contribution >= 0.6 is 0 Å². The number of rotatable bonds is 3. The summed E-state index contributed by atoms with van der Waals surface area (Å²) in [7, 11) is 3.29. The topological polar surface area (TPSA) is 58.2 Å². The van der Waals surface area contributed by atoms with E-state index in [4.69, 9.17) is 4.74 Å². The standard InChI is InChI=1S/C23H29N3O3/c1-14(2)12-16-19-20-17(21(27)25(6)22(28)24(20)5)18(15-10-8-7-9-11-15)26(19)23(3,4)13-29-16/h7-11,14,16H,12-13H2,1-6H3/t16-/m0/s1. The number of hydrogen-bond acceptors (Lipinski definition) is 3. The number of hydrogen-bond donors (Lipinski definition) is 0. The van der Waals surface area contributed by atoms with Crippen LogP contribution in [0.15, 0.2) is 39.9 Å². The third-order valence-electron chi connectivity index (χ3n) is 5.89. The molecule has 0 radical (unpaired) electrons. The van der Waals surface area contributed by atoms with E-state index in [9.17, 15) is 9.59 Å². The zero-order chi connectivity index (χ0) is 21.1. The van der Waals surface area contributed by atoms with Crippen molar-refractivity contribution in [1.29, 1.82) is 0 Å². The molecule has 0 unspecified atom stereocenters. The fourth-order valence-electron chi connectivity index (χ4n) is 4.55. The molecule has 3 aromatic rings. The number of aryl methyl sites for hydroxylation is 1. The maximum Gasteiger partial charge on any atom is 0.331 e. The Morgan fingerprint density at radius 2 is 1.76 bits per heavy atom. The SMILES string of the molecule is CC(C)C[C@@H]1OCC(C)(C)n2c(-c3ccccc3)c3c(=O)n(C)c(=O)n(C)c3c21. The molecule has 1 aliphatic heterocycles. The van der Waals surface area contributed by atoms with Crippen molar-refractivity contribution in [3.8, 4) is 11.3 Å². The maximum absolute atomic E-state index is 13.3. The minimum absolute atomic E-state index is 0.166. The Morgan fingerprint density at radius 3 is 2.38 bits per heavy atom. The lowest BCUT2D eigenvalue weighted by Gasteiger charge is -2.39. The minimum atomic E-state index is -0.353. The van der Waals surface area contributed by atoms with Crippen LogP contribution in [-0.4, -0.2) is 20.3 Å². The predicted molar refractivity (Wildman–Crippen MR) is 115 cm³/mol. The van der Waals surface area contributed by atoms with Crippen molar-refractivity contribution in [3.05, 3.63) is 56.9 Å².